The second kappa shape index (κ2) is 10.4. The minimum Gasteiger partial charge on any atom is -0.459 e. The summed E-state index contributed by atoms with van der Waals surface area (Å²) in [5.41, 5.74) is 0.0448. The maximum Gasteiger partial charge on any atom is 0.439 e. The third-order valence-corrected chi connectivity index (χ3v) is 5.21. The Morgan fingerprint density at radius 2 is 1.63 bits per heavy atom. The Labute approximate surface area is 171 Å². The highest BCUT2D eigenvalue weighted by Gasteiger charge is 2.59. The topological polar surface area (TPSA) is 35.5 Å². The quantitative estimate of drug-likeness (QED) is 0.239. The van der Waals surface area contributed by atoms with Crippen molar-refractivity contribution >= 4 is 5.97 Å². The zero-order valence-corrected chi connectivity index (χ0v) is 16.7. The SMILES string of the molecule is CCCCCC1CCC(OC(=O)c2ccc(OC(F)(F)C(F)C(F)(F)F)cc2)CC1. The van der Waals surface area contributed by atoms with E-state index in [2.05, 4.69) is 11.7 Å². The summed E-state index contributed by atoms with van der Waals surface area (Å²) in [5, 5.41) is 0. The number of hydrogen-bond donors (Lipinski definition) is 0. The van der Waals surface area contributed by atoms with E-state index in [0.29, 0.717) is 5.92 Å². The van der Waals surface area contributed by atoms with Gasteiger partial charge < -0.3 is 9.47 Å². The monoisotopic (exact) mass is 440 g/mol. The van der Waals surface area contributed by atoms with Crippen LogP contribution in [0.15, 0.2) is 24.3 Å². The van der Waals surface area contributed by atoms with Crippen LogP contribution < -0.4 is 4.74 Å². The van der Waals surface area contributed by atoms with Crippen LogP contribution in [0.1, 0.15) is 68.6 Å². The largest absolute Gasteiger partial charge is 0.459 e. The molecular weight excluding hydrogens is 414 g/mol. The minimum atomic E-state index is -5.76. The standard InChI is InChI=1S/C21H26F6O3/c1-2-3-4-5-14-6-10-16(11-7-14)29-18(28)15-8-12-17(13-9-15)30-21(26,27)19(22)20(23,24)25/h8-9,12-14,16,19H,2-7,10-11H2,1H3. The molecular formula is C21H26F6O3. The molecule has 1 aliphatic carbocycles. The summed E-state index contributed by atoms with van der Waals surface area (Å²) < 4.78 is 85.2. The molecule has 0 N–H and O–H groups in total. The fourth-order valence-electron chi connectivity index (χ4n) is 3.50. The molecule has 170 valence electrons. The van der Waals surface area contributed by atoms with E-state index in [1.54, 1.807) is 0 Å². The van der Waals surface area contributed by atoms with Crippen molar-refractivity contribution in [2.45, 2.75) is 82.9 Å². The minimum absolute atomic E-state index is 0.0448. The van der Waals surface area contributed by atoms with Crippen molar-refractivity contribution < 1.29 is 40.6 Å². The molecule has 0 aromatic heterocycles. The second-order valence-electron chi connectivity index (χ2n) is 7.64. The van der Waals surface area contributed by atoms with Gasteiger partial charge in [0.1, 0.15) is 11.9 Å². The Morgan fingerprint density at radius 1 is 1.03 bits per heavy atom. The fraction of sp³-hybridized carbons (Fsp3) is 0.667. The lowest BCUT2D eigenvalue weighted by Gasteiger charge is -2.28. The number of esters is 1. The molecule has 0 bridgehead atoms. The number of benzene rings is 1. The molecule has 0 aliphatic heterocycles. The van der Waals surface area contributed by atoms with Crippen LogP contribution in [0, 0.1) is 5.92 Å². The van der Waals surface area contributed by atoms with Crippen LogP contribution in [0.2, 0.25) is 0 Å². The first-order chi connectivity index (χ1) is 14.0. The van der Waals surface area contributed by atoms with Crippen molar-refractivity contribution in [3.63, 3.8) is 0 Å². The number of halogens is 6. The van der Waals surface area contributed by atoms with Crippen molar-refractivity contribution in [2.24, 2.45) is 5.92 Å². The second-order valence-corrected chi connectivity index (χ2v) is 7.64. The van der Waals surface area contributed by atoms with Crippen LogP contribution in [-0.4, -0.2) is 30.5 Å². The molecule has 1 atom stereocenters. The van der Waals surface area contributed by atoms with Crippen LogP contribution in [-0.2, 0) is 4.74 Å². The molecule has 2 rings (SSSR count). The zero-order chi connectivity index (χ0) is 22.4. The van der Waals surface area contributed by atoms with E-state index in [1.165, 1.54) is 25.7 Å². The predicted molar refractivity (Wildman–Crippen MR) is 98.3 cm³/mol. The fourth-order valence-corrected chi connectivity index (χ4v) is 3.50. The van der Waals surface area contributed by atoms with Gasteiger partial charge in [-0.05, 0) is 55.9 Å². The number of alkyl halides is 6. The summed E-state index contributed by atoms with van der Waals surface area (Å²) in [6.07, 6.45) is -7.31. The van der Waals surface area contributed by atoms with Gasteiger partial charge >= 0.3 is 18.3 Å². The average molecular weight is 440 g/mol. The molecule has 30 heavy (non-hydrogen) atoms. The van der Waals surface area contributed by atoms with Gasteiger partial charge in [-0.1, -0.05) is 32.6 Å². The third kappa shape index (κ3) is 7.09. The molecule has 1 aromatic carbocycles. The number of carbonyl (C=O) groups excluding carboxylic acids is 1. The summed E-state index contributed by atoms with van der Waals surface area (Å²) in [5.74, 6) is -0.710. The van der Waals surface area contributed by atoms with Gasteiger partial charge in [0.25, 0.3) is 6.17 Å². The van der Waals surface area contributed by atoms with Gasteiger partial charge in [0, 0.05) is 0 Å². The van der Waals surface area contributed by atoms with Crippen LogP contribution in [0.25, 0.3) is 0 Å². The summed E-state index contributed by atoms with van der Waals surface area (Å²) in [6, 6.07) is 3.92. The van der Waals surface area contributed by atoms with E-state index in [1.807, 2.05) is 0 Å². The summed E-state index contributed by atoms with van der Waals surface area (Å²) >= 11 is 0. The summed E-state index contributed by atoms with van der Waals surface area (Å²) in [7, 11) is 0. The van der Waals surface area contributed by atoms with Crippen molar-refractivity contribution in [3.8, 4) is 5.75 Å². The predicted octanol–water partition coefficient (Wildman–Crippen LogP) is 6.85. The van der Waals surface area contributed by atoms with Gasteiger partial charge in [0.15, 0.2) is 0 Å². The van der Waals surface area contributed by atoms with Gasteiger partial charge in [-0.2, -0.15) is 22.0 Å². The van der Waals surface area contributed by atoms with Crippen molar-refractivity contribution in [3.05, 3.63) is 29.8 Å². The molecule has 0 saturated heterocycles. The Balaban J connectivity index is 1.84. The van der Waals surface area contributed by atoms with Gasteiger partial charge in [-0.3, -0.25) is 0 Å². The number of unbranched alkanes of at least 4 members (excludes halogenated alkanes) is 2. The number of carbonyl (C=O) groups is 1. The highest BCUT2D eigenvalue weighted by Crippen LogP contribution is 2.36. The maximum atomic E-state index is 13.3. The molecule has 1 aliphatic rings. The first-order valence-corrected chi connectivity index (χ1v) is 10.1. The molecule has 0 spiro atoms. The van der Waals surface area contributed by atoms with Crippen LogP contribution in [0.5, 0.6) is 5.75 Å². The van der Waals surface area contributed by atoms with E-state index >= 15 is 0 Å². The Bertz CT molecular complexity index is 666. The molecule has 0 radical (unpaired) electrons. The lowest BCUT2D eigenvalue weighted by molar-refractivity contribution is -0.304. The van der Waals surface area contributed by atoms with Gasteiger partial charge in [-0.25, -0.2) is 9.18 Å². The Kier molecular flexibility index (Phi) is 8.43. The van der Waals surface area contributed by atoms with Crippen molar-refractivity contribution in [2.75, 3.05) is 0 Å². The first kappa shape index (κ1) is 24.3. The van der Waals surface area contributed by atoms with Crippen LogP contribution in [0.4, 0.5) is 26.3 Å². The average Bonchev–Trinajstić information content (AvgIpc) is 2.68. The smallest absolute Gasteiger partial charge is 0.439 e. The Hall–Kier alpha value is -1.93. The van der Waals surface area contributed by atoms with Gasteiger partial charge in [0.2, 0.25) is 0 Å². The first-order valence-electron chi connectivity index (χ1n) is 10.1. The van der Waals surface area contributed by atoms with E-state index < -0.39 is 30.2 Å². The molecule has 1 saturated carbocycles. The Morgan fingerprint density at radius 3 is 2.17 bits per heavy atom. The van der Waals surface area contributed by atoms with E-state index in [0.717, 1.165) is 49.9 Å². The highest BCUT2D eigenvalue weighted by atomic mass is 19.4. The molecule has 3 nitrogen and oxygen atoms in total. The summed E-state index contributed by atoms with van der Waals surface area (Å²) in [4.78, 5) is 12.2. The zero-order valence-electron chi connectivity index (χ0n) is 16.7. The van der Waals surface area contributed by atoms with E-state index in [9.17, 15) is 31.1 Å². The molecule has 0 amide bonds. The van der Waals surface area contributed by atoms with Gasteiger partial charge in [-0.15, -0.1) is 0 Å². The molecule has 0 heterocycles. The van der Waals surface area contributed by atoms with Crippen molar-refractivity contribution in [1.82, 2.24) is 0 Å². The number of ether oxygens (including phenoxy) is 2. The van der Waals surface area contributed by atoms with Gasteiger partial charge in [0.05, 0.1) is 5.56 Å². The van der Waals surface area contributed by atoms with Crippen molar-refractivity contribution in [1.29, 1.82) is 0 Å². The van der Waals surface area contributed by atoms with Crippen LogP contribution in [0.3, 0.4) is 0 Å². The number of hydrogen-bond acceptors (Lipinski definition) is 3. The van der Waals surface area contributed by atoms with E-state index in [-0.39, 0.29) is 11.7 Å². The molecule has 1 aromatic rings. The third-order valence-electron chi connectivity index (χ3n) is 5.21. The lowest BCUT2D eigenvalue weighted by Crippen LogP contribution is -2.45. The normalized spacial score (nSPS) is 21.2. The maximum absolute atomic E-state index is 13.3. The number of rotatable bonds is 9. The molecule has 1 unspecified atom stereocenters. The lowest BCUT2D eigenvalue weighted by atomic mass is 9.84. The summed E-state index contributed by atoms with van der Waals surface area (Å²) in [6.45, 7) is 2.15. The highest BCUT2D eigenvalue weighted by molar-refractivity contribution is 5.89. The van der Waals surface area contributed by atoms with Crippen LogP contribution >= 0.6 is 0 Å². The molecule has 1 fully saturated rings. The molecule has 9 heteroatoms. The van der Waals surface area contributed by atoms with E-state index in [4.69, 9.17) is 4.74 Å².